The van der Waals surface area contributed by atoms with Gasteiger partial charge in [-0.25, -0.2) is 4.98 Å². The molecule has 0 saturated carbocycles. The van der Waals surface area contributed by atoms with Gasteiger partial charge < -0.3 is 16.0 Å². The summed E-state index contributed by atoms with van der Waals surface area (Å²) in [4.78, 5) is 28.2. The highest BCUT2D eigenvalue weighted by molar-refractivity contribution is 6.05. The van der Waals surface area contributed by atoms with Crippen LogP contribution >= 0.6 is 0 Å². The lowest BCUT2D eigenvalue weighted by molar-refractivity contribution is -0.114. The van der Waals surface area contributed by atoms with Gasteiger partial charge in [0, 0.05) is 35.7 Å². The summed E-state index contributed by atoms with van der Waals surface area (Å²) in [5.41, 5.74) is 5.03. The third-order valence-electron chi connectivity index (χ3n) is 4.48. The fourth-order valence-electron chi connectivity index (χ4n) is 3.02. The number of para-hydroxylation sites is 1. The number of aryl methyl sites for hydroxylation is 2. The maximum Gasteiger partial charge on any atom is 0.255 e. The van der Waals surface area contributed by atoms with Gasteiger partial charge in [0.15, 0.2) is 0 Å². The predicted octanol–water partition coefficient (Wildman–Crippen LogP) is 4.91. The molecular formula is C23H24N4O2. The van der Waals surface area contributed by atoms with E-state index in [0.717, 1.165) is 28.9 Å². The van der Waals surface area contributed by atoms with Gasteiger partial charge in [-0.05, 0) is 60.9 Å². The van der Waals surface area contributed by atoms with Crippen LogP contribution in [0.15, 0.2) is 60.8 Å². The maximum atomic E-state index is 12.8. The molecule has 2 amide bonds. The Kier molecular flexibility index (Phi) is 6.24. The lowest BCUT2D eigenvalue weighted by atomic mass is 10.1. The van der Waals surface area contributed by atoms with E-state index in [1.54, 1.807) is 30.5 Å². The number of carbonyl (C=O) groups is 2. The smallest absolute Gasteiger partial charge is 0.255 e. The molecule has 0 bridgehead atoms. The summed E-state index contributed by atoms with van der Waals surface area (Å²) in [5.74, 6) is 0.261. The Labute approximate surface area is 170 Å². The molecule has 0 aliphatic heterocycles. The second kappa shape index (κ2) is 9.01. The van der Waals surface area contributed by atoms with Crippen molar-refractivity contribution in [2.24, 2.45) is 0 Å². The molecular weight excluding hydrogens is 364 g/mol. The van der Waals surface area contributed by atoms with Crippen LogP contribution in [0.25, 0.3) is 0 Å². The van der Waals surface area contributed by atoms with E-state index in [1.165, 1.54) is 6.92 Å². The third-order valence-corrected chi connectivity index (χ3v) is 4.48. The van der Waals surface area contributed by atoms with Gasteiger partial charge in [0.2, 0.25) is 5.91 Å². The quantitative estimate of drug-likeness (QED) is 0.560. The first-order valence-electron chi connectivity index (χ1n) is 9.47. The number of nitrogens with zero attached hydrogens (tertiary/aromatic N) is 1. The molecule has 3 aromatic rings. The van der Waals surface area contributed by atoms with Gasteiger partial charge in [-0.15, -0.1) is 0 Å². The molecule has 6 nitrogen and oxygen atoms in total. The van der Waals surface area contributed by atoms with Crippen LogP contribution in [0.2, 0.25) is 0 Å². The Morgan fingerprint density at radius 1 is 0.966 bits per heavy atom. The molecule has 1 heterocycles. The standard InChI is InChI=1S/C23H24N4O2/c1-4-17-7-5-6-15(2)22(17)27-23(29)18-12-13-24-21(14-18)26-20-10-8-19(9-11-20)25-16(3)28/h5-14H,4H2,1-3H3,(H,24,26)(H,25,28)(H,27,29). The Bertz CT molecular complexity index is 1030. The molecule has 0 saturated heterocycles. The molecule has 29 heavy (non-hydrogen) atoms. The molecule has 148 valence electrons. The first-order valence-corrected chi connectivity index (χ1v) is 9.47. The van der Waals surface area contributed by atoms with E-state index < -0.39 is 0 Å². The van der Waals surface area contributed by atoms with E-state index in [2.05, 4.69) is 27.9 Å². The molecule has 0 fully saturated rings. The van der Waals surface area contributed by atoms with Crippen LogP contribution in [0.4, 0.5) is 22.9 Å². The number of anilines is 4. The fourth-order valence-corrected chi connectivity index (χ4v) is 3.02. The predicted molar refractivity (Wildman–Crippen MR) is 117 cm³/mol. The lowest BCUT2D eigenvalue weighted by Crippen LogP contribution is -2.14. The van der Waals surface area contributed by atoms with E-state index in [4.69, 9.17) is 0 Å². The van der Waals surface area contributed by atoms with E-state index in [0.29, 0.717) is 17.1 Å². The minimum atomic E-state index is -0.180. The third kappa shape index (κ3) is 5.19. The lowest BCUT2D eigenvalue weighted by Gasteiger charge is -2.13. The van der Waals surface area contributed by atoms with Gasteiger partial charge >= 0.3 is 0 Å². The summed E-state index contributed by atoms with van der Waals surface area (Å²) in [6.45, 7) is 5.52. The minimum absolute atomic E-state index is 0.119. The van der Waals surface area contributed by atoms with E-state index in [1.807, 2.05) is 37.3 Å². The van der Waals surface area contributed by atoms with Gasteiger partial charge in [-0.2, -0.15) is 0 Å². The average Bonchev–Trinajstić information content (AvgIpc) is 2.70. The highest BCUT2D eigenvalue weighted by Crippen LogP contribution is 2.23. The Balaban J connectivity index is 1.74. The number of rotatable bonds is 6. The zero-order valence-electron chi connectivity index (χ0n) is 16.7. The van der Waals surface area contributed by atoms with Crippen LogP contribution in [-0.4, -0.2) is 16.8 Å². The van der Waals surface area contributed by atoms with Crippen LogP contribution in [0.3, 0.4) is 0 Å². The van der Waals surface area contributed by atoms with Crippen molar-refractivity contribution in [1.29, 1.82) is 0 Å². The SMILES string of the molecule is CCc1cccc(C)c1NC(=O)c1ccnc(Nc2ccc(NC(C)=O)cc2)c1. The molecule has 0 atom stereocenters. The van der Waals surface area contributed by atoms with Crippen molar-refractivity contribution < 1.29 is 9.59 Å². The Morgan fingerprint density at radius 2 is 1.69 bits per heavy atom. The van der Waals surface area contributed by atoms with Crippen molar-refractivity contribution in [2.45, 2.75) is 27.2 Å². The summed E-state index contributed by atoms with van der Waals surface area (Å²) in [5, 5.41) is 8.92. The number of aromatic nitrogens is 1. The van der Waals surface area contributed by atoms with E-state index in [-0.39, 0.29) is 11.8 Å². The van der Waals surface area contributed by atoms with Crippen molar-refractivity contribution in [3.05, 3.63) is 77.5 Å². The number of hydrogen-bond donors (Lipinski definition) is 3. The maximum absolute atomic E-state index is 12.8. The second-order valence-electron chi connectivity index (χ2n) is 6.73. The zero-order chi connectivity index (χ0) is 20.8. The number of hydrogen-bond acceptors (Lipinski definition) is 4. The summed E-state index contributed by atoms with van der Waals surface area (Å²) >= 11 is 0. The largest absolute Gasteiger partial charge is 0.340 e. The van der Waals surface area contributed by atoms with Crippen LogP contribution in [-0.2, 0) is 11.2 Å². The normalized spacial score (nSPS) is 10.3. The van der Waals surface area contributed by atoms with Crippen molar-refractivity contribution in [2.75, 3.05) is 16.0 Å². The highest BCUT2D eigenvalue weighted by atomic mass is 16.2. The van der Waals surface area contributed by atoms with Crippen molar-refractivity contribution in [1.82, 2.24) is 4.98 Å². The molecule has 6 heteroatoms. The molecule has 3 rings (SSSR count). The summed E-state index contributed by atoms with van der Waals surface area (Å²) in [6, 6.07) is 16.7. The molecule has 0 radical (unpaired) electrons. The highest BCUT2D eigenvalue weighted by Gasteiger charge is 2.11. The van der Waals surface area contributed by atoms with Crippen LogP contribution < -0.4 is 16.0 Å². The molecule has 0 unspecified atom stereocenters. The molecule has 0 aliphatic rings. The van der Waals surface area contributed by atoms with Crippen molar-refractivity contribution in [3.8, 4) is 0 Å². The summed E-state index contributed by atoms with van der Waals surface area (Å²) in [6.07, 6.45) is 2.44. The topological polar surface area (TPSA) is 83.1 Å². The van der Waals surface area contributed by atoms with Crippen LogP contribution in [0.1, 0.15) is 35.3 Å². The number of nitrogens with one attached hydrogen (secondary N) is 3. The Morgan fingerprint density at radius 3 is 2.38 bits per heavy atom. The van der Waals surface area contributed by atoms with Crippen molar-refractivity contribution in [3.63, 3.8) is 0 Å². The van der Waals surface area contributed by atoms with Gasteiger partial charge in [0.25, 0.3) is 5.91 Å². The molecule has 1 aromatic heterocycles. The molecule has 0 spiro atoms. The number of pyridine rings is 1. The van der Waals surface area contributed by atoms with E-state index >= 15 is 0 Å². The van der Waals surface area contributed by atoms with E-state index in [9.17, 15) is 9.59 Å². The van der Waals surface area contributed by atoms with Gasteiger partial charge in [-0.3, -0.25) is 9.59 Å². The van der Waals surface area contributed by atoms with Crippen LogP contribution in [0.5, 0.6) is 0 Å². The Hall–Kier alpha value is -3.67. The first-order chi connectivity index (χ1) is 14.0. The zero-order valence-corrected chi connectivity index (χ0v) is 16.7. The number of amides is 2. The van der Waals surface area contributed by atoms with Crippen LogP contribution in [0, 0.1) is 6.92 Å². The summed E-state index contributed by atoms with van der Waals surface area (Å²) in [7, 11) is 0. The van der Waals surface area contributed by atoms with Gasteiger partial charge in [0.1, 0.15) is 5.82 Å². The van der Waals surface area contributed by atoms with Crippen molar-refractivity contribution >= 4 is 34.7 Å². The average molecular weight is 388 g/mol. The second-order valence-corrected chi connectivity index (χ2v) is 6.73. The molecule has 3 N–H and O–H groups in total. The number of benzene rings is 2. The molecule has 0 aliphatic carbocycles. The molecule has 2 aromatic carbocycles. The minimum Gasteiger partial charge on any atom is -0.340 e. The number of carbonyl (C=O) groups excluding carboxylic acids is 2. The summed E-state index contributed by atoms with van der Waals surface area (Å²) < 4.78 is 0. The fraction of sp³-hybridized carbons (Fsp3) is 0.174. The first kappa shape index (κ1) is 20.1. The monoisotopic (exact) mass is 388 g/mol. The van der Waals surface area contributed by atoms with Gasteiger partial charge in [0.05, 0.1) is 0 Å². The van der Waals surface area contributed by atoms with Gasteiger partial charge in [-0.1, -0.05) is 25.1 Å².